The summed E-state index contributed by atoms with van der Waals surface area (Å²) in [6, 6.07) is 12.3. The summed E-state index contributed by atoms with van der Waals surface area (Å²) < 4.78 is 10.5. The largest absolute Gasteiger partial charge is 0.484 e. The van der Waals surface area contributed by atoms with Crippen LogP contribution in [-0.4, -0.2) is 25.6 Å². The maximum atomic E-state index is 12.5. The quantitative estimate of drug-likeness (QED) is 0.445. The van der Waals surface area contributed by atoms with Crippen molar-refractivity contribution in [3.63, 3.8) is 0 Å². The van der Waals surface area contributed by atoms with Crippen LogP contribution in [-0.2, 0) is 9.53 Å². The molecule has 5 nitrogen and oxygen atoms in total. The number of hydrogen-bond donors (Lipinski definition) is 1. The van der Waals surface area contributed by atoms with Gasteiger partial charge < -0.3 is 14.8 Å². The highest BCUT2D eigenvalue weighted by Gasteiger charge is 2.25. The van der Waals surface area contributed by atoms with E-state index in [0.717, 1.165) is 16.0 Å². The molecule has 2 aromatic carbocycles. The second-order valence-electron chi connectivity index (χ2n) is 6.49. The molecule has 0 spiro atoms. The molecule has 0 aliphatic rings. The number of thiophene rings is 1. The maximum Gasteiger partial charge on any atom is 0.341 e. The molecular weight excluding hydrogens is 445 g/mol. The van der Waals surface area contributed by atoms with E-state index in [9.17, 15) is 9.59 Å². The lowest BCUT2D eigenvalue weighted by Crippen LogP contribution is -2.21. The lowest BCUT2D eigenvalue weighted by molar-refractivity contribution is -0.118. The molecule has 3 rings (SSSR count). The smallest absolute Gasteiger partial charge is 0.341 e. The van der Waals surface area contributed by atoms with Crippen LogP contribution in [0.4, 0.5) is 5.00 Å². The SMILES string of the molecule is COC(=O)c1c(NC(=O)COc2ccc(Cl)c(C)c2)sc(C)c1-c1cccc(Cl)c1. The number of carbonyl (C=O) groups is 2. The fourth-order valence-electron chi connectivity index (χ4n) is 2.94. The number of nitrogens with one attached hydrogen (secondary N) is 1. The van der Waals surface area contributed by atoms with Crippen LogP contribution in [0.25, 0.3) is 11.1 Å². The summed E-state index contributed by atoms with van der Waals surface area (Å²) in [5, 5.41) is 4.33. The van der Waals surface area contributed by atoms with E-state index < -0.39 is 11.9 Å². The molecule has 0 radical (unpaired) electrons. The van der Waals surface area contributed by atoms with Crippen molar-refractivity contribution in [2.24, 2.45) is 0 Å². The van der Waals surface area contributed by atoms with E-state index in [1.165, 1.54) is 18.4 Å². The summed E-state index contributed by atoms with van der Waals surface area (Å²) in [5.41, 5.74) is 2.59. The number of carbonyl (C=O) groups excluding carboxylic acids is 2. The number of amides is 1. The molecule has 0 fully saturated rings. The summed E-state index contributed by atoms with van der Waals surface area (Å²) in [4.78, 5) is 25.8. The zero-order valence-electron chi connectivity index (χ0n) is 16.5. The van der Waals surface area contributed by atoms with Gasteiger partial charge in [0.05, 0.1) is 7.11 Å². The Bertz CT molecular complexity index is 1110. The van der Waals surface area contributed by atoms with Gasteiger partial charge in [-0.1, -0.05) is 35.3 Å². The van der Waals surface area contributed by atoms with Crippen molar-refractivity contribution in [3.8, 4) is 16.9 Å². The van der Waals surface area contributed by atoms with Crippen LogP contribution < -0.4 is 10.1 Å². The monoisotopic (exact) mass is 463 g/mol. The number of methoxy groups -OCH3 is 1. The molecule has 0 atom stereocenters. The third-order valence-electron chi connectivity index (χ3n) is 4.34. The van der Waals surface area contributed by atoms with Crippen LogP contribution in [0.5, 0.6) is 5.75 Å². The minimum atomic E-state index is -0.543. The molecule has 0 saturated heterocycles. The summed E-state index contributed by atoms with van der Waals surface area (Å²) in [7, 11) is 1.30. The van der Waals surface area contributed by atoms with E-state index in [1.54, 1.807) is 36.4 Å². The van der Waals surface area contributed by atoms with Crippen LogP contribution in [0.2, 0.25) is 10.0 Å². The van der Waals surface area contributed by atoms with Crippen LogP contribution in [0.3, 0.4) is 0 Å². The fourth-order valence-corrected chi connectivity index (χ4v) is 4.33. The number of anilines is 1. The average molecular weight is 464 g/mol. The number of aryl methyl sites for hydroxylation is 2. The lowest BCUT2D eigenvalue weighted by atomic mass is 10.0. The molecule has 0 unspecified atom stereocenters. The molecule has 1 N–H and O–H groups in total. The maximum absolute atomic E-state index is 12.5. The minimum Gasteiger partial charge on any atom is -0.484 e. The Labute approximate surface area is 188 Å². The van der Waals surface area contributed by atoms with Gasteiger partial charge in [0.2, 0.25) is 0 Å². The average Bonchev–Trinajstić information content (AvgIpc) is 3.03. The van der Waals surface area contributed by atoms with Crippen molar-refractivity contribution in [2.45, 2.75) is 13.8 Å². The molecule has 30 heavy (non-hydrogen) atoms. The van der Waals surface area contributed by atoms with Gasteiger partial charge in [-0.25, -0.2) is 4.79 Å². The predicted octanol–water partition coefficient (Wildman–Crippen LogP) is 6.14. The Morgan fingerprint density at radius 2 is 1.87 bits per heavy atom. The van der Waals surface area contributed by atoms with Gasteiger partial charge in [0.25, 0.3) is 5.91 Å². The molecule has 0 aliphatic heterocycles. The normalized spacial score (nSPS) is 10.6. The first kappa shape index (κ1) is 22.2. The van der Waals surface area contributed by atoms with Gasteiger partial charge >= 0.3 is 5.97 Å². The summed E-state index contributed by atoms with van der Waals surface area (Å²) >= 11 is 13.4. The van der Waals surface area contributed by atoms with Gasteiger partial charge in [-0.15, -0.1) is 11.3 Å². The van der Waals surface area contributed by atoms with Crippen molar-refractivity contribution in [2.75, 3.05) is 19.0 Å². The molecular formula is C22H19Cl2NO4S. The number of ether oxygens (including phenoxy) is 2. The summed E-state index contributed by atoms with van der Waals surface area (Å²) in [6.45, 7) is 3.50. The van der Waals surface area contributed by atoms with E-state index in [0.29, 0.717) is 26.4 Å². The van der Waals surface area contributed by atoms with Crippen molar-refractivity contribution in [1.29, 1.82) is 0 Å². The Hall–Kier alpha value is -2.54. The Morgan fingerprint density at radius 1 is 1.10 bits per heavy atom. The minimum absolute atomic E-state index is 0.217. The van der Waals surface area contributed by atoms with E-state index in [4.69, 9.17) is 32.7 Å². The van der Waals surface area contributed by atoms with Crippen LogP contribution in [0, 0.1) is 13.8 Å². The van der Waals surface area contributed by atoms with Gasteiger partial charge in [-0.05, 0) is 55.3 Å². The summed E-state index contributed by atoms with van der Waals surface area (Å²) in [6.07, 6.45) is 0. The molecule has 3 aromatic rings. The van der Waals surface area contributed by atoms with E-state index >= 15 is 0 Å². The van der Waals surface area contributed by atoms with Crippen molar-refractivity contribution < 1.29 is 19.1 Å². The van der Waals surface area contributed by atoms with Crippen molar-refractivity contribution in [1.82, 2.24) is 0 Å². The number of halogens is 2. The van der Waals surface area contributed by atoms with E-state index in [2.05, 4.69) is 5.32 Å². The van der Waals surface area contributed by atoms with Gasteiger partial charge in [0.1, 0.15) is 16.3 Å². The topological polar surface area (TPSA) is 64.6 Å². The second-order valence-corrected chi connectivity index (χ2v) is 8.56. The molecule has 1 heterocycles. The molecule has 0 bridgehead atoms. The first-order chi connectivity index (χ1) is 14.3. The van der Waals surface area contributed by atoms with E-state index in [1.807, 2.05) is 19.9 Å². The third kappa shape index (κ3) is 4.95. The first-order valence-electron chi connectivity index (χ1n) is 8.96. The van der Waals surface area contributed by atoms with Crippen molar-refractivity contribution >= 4 is 51.4 Å². The second kappa shape index (κ2) is 9.51. The molecule has 8 heteroatoms. The molecule has 1 amide bonds. The third-order valence-corrected chi connectivity index (χ3v) is 6.02. The van der Waals surface area contributed by atoms with Gasteiger partial charge in [-0.3, -0.25) is 4.79 Å². The van der Waals surface area contributed by atoms with Gasteiger partial charge in [0.15, 0.2) is 6.61 Å². The molecule has 0 saturated carbocycles. The van der Waals surface area contributed by atoms with Crippen LogP contribution in [0.1, 0.15) is 20.8 Å². The molecule has 156 valence electrons. The number of rotatable bonds is 6. The van der Waals surface area contributed by atoms with Gasteiger partial charge in [0, 0.05) is 20.5 Å². The zero-order chi connectivity index (χ0) is 21.8. The molecule has 0 aliphatic carbocycles. The Kier molecular flexibility index (Phi) is 7.02. The highest BCUT2D eigenvalue weighted by atomic mass is 35.5. The summed E-state index contributed by atoms with van der Waals surface area (Å²) in [5.74, 6) is -0.410. The first-order valence-corrected chi connectivity index (χ1v) is 10.5. The van der Waals surface area contributed by atoms with Crippen LogP contribution >= 0.6 is 34.5 Å². The molecule has 1 aromatic heterocycles. The predicted molar refractivity (Wildman–Crippen MR) is 121 cm³/mol. The Morgan fingerprint density at radius 3 is 2.53 bits per heavy atom. The van der Waals surface area contributed by atoms with Crippen LogP contribution in [0.15, 0.2) is 42.5 Å². The Balaban J connectivity index is 1.84. The highest BCUT2D eigenvalue weighted by Crippen LogP contribution is 2.41. The van der Waals surface area contributed by atoms with Crippen molar-refractivity contribution in [3.05, 3.63) is 68.5 Å². The zero-order valence-corrected chi connectivity index (χ0v) is 18.9. The highest BCUT2D eigenvalue weighted by molar-refractivity contribution is 7.17. The van der Waals surface area contributed by atoms with E-state index in [-0.39, 0.29) is 12.2 Å². The lowest BCUT2D eigenvalue weighted by Gasteiger charge is -2.10. The van der Waals surface area contributed by atoms with Gasteiger partial charge in [-0.2, -0.15) is 0 Å². The number of benzene rings is 2. The fraction of sp³-hybridized carbons (Fsp3) is 0.182. The standard InChI is InChI=1S/C22H19Cl2NO4S/c1-12-9-16(7-8-17(12)24)29-11-18(26)25-21-20(22(27)28-3)19(13(2)30-21)14-5-4-6-15(23)10-14/h4-10H,11H2,1-3H3,(H,25,26). The number of hydrogen-bond acceptors (Lipinski definition) is 5. The number of esters is 1.